The minimum Gasteiger partial charge on any atom is -0.374 e. The zero-order valence-electron chi connectivity index (χ0n) is 9.95. The predicted octanol–water partition coefficient (Wildman–Crippen LogP) is 2.75. The molecule has 1 N–H and O–H groups in total. The Morgan fingerprint density at radius 3 is 2.80 bits per heavy atom. The second-order valence-electron chi connectivity index (χ2n) is 3.75. The minimum atomic E-state index is 0.970. The molecule has 1 aromatic heterocycles. The van der Waals surface area contributed by atoms with Crippen molar-refractivity contribution in [3.05, 3.63) is 18.3 Å². The highest BCUT2D eigenvalue weighted by Gasteiger charge is 2.00. The van der Waals surface area contributed by atoms with Gasteiger partial charge < -0.3 is 10.2 Å². The van der Waals surface area contributed by atoms with Crippen LogP contribution < -0.4 is 10.2 Å². The van der Waals surface area contributed by atoms with Gasteiger partial charge in [-0.1, -0.05) is 13.8 Å². The summed E-state index contributed by atoms with van der Waals surface area (Å²) in [5.74, 6) is 0.970. The summed E-state index contributed by atoms with van der Waals surface area (Å²) in [6.45, 7) is 6.40. The van der Waals surface area contributed by atoms with Crippen LogP contribution >= 0.6 is 0 Å². The van der Waals surface area contributed by atoms with Gasteiger partial charge in [0, 0.05) is 38.1 Å². The first kappa shape index (κ1) is 11.8. The quantitative estimate of drug-likeness (QED) is 0.777. The summed E-state index contributed by atoms with van der Waals surface area (Å²) < 4.78 is 0. The Balaban J connectivity index is 2.64. The number of anilines is 2. The second kappa shape index (κ2) is 6.27. The fourth-order valence-electron chi connectivity index (χ4n) is 1.47. The van der Waals surface area contributed by atoms with Gasteiger partial charge in [-0.3, -0.25) is 0 Å². The highest BCUT2D eigenvalue weighted by molar-refractivity contribution is 5.53. The standard InChI is InChI=1S/C12H21N3/c1-4-7-13-12-10-11(6-8-14-12)15(3)9-5-2/h6,8,10H,4-5,7,9H2,1-3H3,(H,13,14). The monoisotopic (exact) mass is 207 g/mol. The molecule has 0 radical (unpaired) electrons. The fraction of sp³-hybridized carbons (Fsp3) is 0.583. The lowest BCUT2D eigenvalue weighted by Crippen LogP contribution is -2.18. The van der Waals surface area contributed by atoms with Crippen LogP contribution in [0.1, 0.15) is 26.7 Å². The van der Waals surface area contributed by atoms with Crippen molar-refractivity contribution in [2.75, 3.05) is 30.4 Å². The van der Waals surface area contributed by atoms with Crippen molar-refractivity contribution in [3.63, 3.8) is 0 Å². The van der Waals surface area contributed by atoms with E-state index in [1.54, 1.807) is 0 Å². The molecule has 0 saturated carbocycles. The molecule has 0 bridgehead atoms. The molecule has 15 heavy (non-hydrogen) atoms. The topological polar surface area (TPSA) is 28.2 Å². The maximum Gasteiger partial charge on any atom is 0.127 e. The molecule has 3 heteroatoms. The number of rotatable bonds is 6. The Hall–Kier alpha value is -1.25. The summed E-state index contributed by atoms with van der Waals surface area (Å²) in [6, 6.07) is 4.15. The van der Waals surface area contributed by atoms with Crippen LogP contribution in [0.25, 0.3) is 0 Å². The molecular weight excluding hydrogens is 186 g/mol. The van der Waals surface area contributed by atoms with Gasteiger partial charge in [0.15, 0.2) is 0 Å². The van der Waals surface area contributed by atoms with E-state index in [9.17, 15) is 0 Å². The molecule has 0 aromatic carbocycles. The van der Waals surface area contributed by atoms with E-state index >= 15 is 0 Å². The van der Waals surface area contributed by atoms with Crippen molar-refractivity contribution in [2.24, 2.45) is 0 Å². The summed E-state index contributed by atoms with van der Waals surface area (Å²) >= 11 is 0. The molecule has 3 nitrogen and oxygen atoms in total. The van der Waals surface area contributed by atoms with E-state index in [2.05, 4.69) is 42.2 Å². The molecule has 0 saturated heterocycles. The third-order valence-corrected chi connectivity index (χ3v) is 2.30. The van der Waals surface area contributed by atoms with Gasteiger partial charge in [0.25, 0.3) is 0 Å². The van der Waals surface area contributed by atoms with Crippen molar-refractivity contribution in [3.8, 4) is 0 Å². The van der Waals surface area contributed by atoms with Crippen LogP contribution in [0.2, 0.25) is 0 Å². The predicted molar refractivity (Wildman–Crippen MR) is 66.6 cm³/mol. The zero-order chi connectivity index (χ0) is 11.1. The third-order valence-electron chi connectivity index (χ3n) is 2.30. The highest BCUT2D eigenvalue weighted by atomic mass is 15.1. The van der Waals surface area contributed by atoms with E-state index in [0.717, 1.165) is 31.7 Å². The lowest BCUT2D eigenvalue weighted by molar-refractivity contribution is 0.851. The van der Waals surface area contributed by atoms with Crippen LogP contribution in [-0.2, 0) is 0 Å². The molecule has 0 aliphatic heterocycles. The van der Waals surface area contributed by atoms with E-state index < -0.39 is 0 Å². The van der Waals surface area contributed by atoms with Gasteiger partial charge in [0.1, 0.15) is 5.82 Å². The SMILES string of the molecule is CCCNc1cc(N(C)CCC)ccn1. The molecule has 0 amide bonds. The van der Waals surface area contributed by atoms with Gasteiger partial charge in [-0.05, 0) is 18.9 Å². The van der Waals surface area contributed by atoms with Crippen LogP contribution in [0, 0.1) is 0 Å². The molecule has 0 fully saturated rings. The van der Waals surface area contributed by atoms with Crippen molar-refractivity contribution >= 4 is 11.5 Å². The minimum absolute atomic E-state index is 0.970. The smallest absolute Gasteiger partial charge is 0.127 e. The average Bonchev–Trinajstić information content (AvgIpc) is 2.27. The average molecular weight is 207 g/mol. The number of pyridine rings is 1. The molecule has 0 atom stereocenters. The number of aromatic nitrogens is 1. The summed E-state index contributed by atoms with van der Waals surface area (Å²) in [7, 11) is 2.11. The summed E-state index contributed by atoms with van der Waals surface area (Å²) in [5, 5.41) is 3.29. The Bertz CT molecular complexity index is 286. The largest absolute Gasteiger partial charge is 0.374 e. The highest BCUT2D eigenvalue weighted by Crippen LogP contribution is 2.15. The van der Waals surface area contributed by atoms with E-state index in [0.29, 0.717) is 0 Å². The van der Waals surface area contributed by atoms with Crippen molar-refractivity contribution < 1.29 is 0 Å². The Labute approximate surface area is 92.5 Å². The normalized spacial score (nSPS) is 10.1. The Morgan fingerprint density at radius 1 is 1.33 bits per heavy atom. The molecule has 0 spiro atoms. The van der Waals surface area contributed by atoms with Gasteiger partial charge in [-0.15, -0.1) is 0 Å². The third kappa shape index (κ3) is 3.78. The van der Waals surface area contributed by atoms with Gasteiger partial charge in [0.2, 0.25) is 0 Å². The summed E-state index contributed by atoms with van der Waals surface area (Å²) in [4.78, 5) is 6.53. The molecule has 0 aliphatic carbocycles. The lowest BCUT2D eigenvalue weighted by Gasteiger charge is -2.18. The fourth-order valence-corrected chi connectivity index (χ4v) is 1.47. The van der Waals surface area contributed by atoms with Crippen LogP contribution in [0.5, 0.6) is 0 Å². The second-order valence-corrected chi connectivity index (χ2v) is 3.75. The van der Waals surface area contributed by atoms with Crippen LogP contribution in [0.3, 0.4) is 0 Å². The van der Waals surface area contributed by atoms with Gasteiger partial charge in [-0.2, -0.15) is 0 Å². The van der Waals surface area contributed by atoms with Gasteiger partial charge in [0.05, 0.1) is 0 Å². The van der Waals surface area contributed by atoms with E-state index in [-0.39, 0.29) is 0 Å². The molecule has 0 unspecified atom stereocenters. The molecule has 0 aliphatic rings. The first-order valence-corrected chi connectivity index (χ1v) is 5.69. The first-order valence-electron chi connectivity index (χ1n) is 5.69. The molecule has 1 heterocycles. The van der Waals surface area contributed by atoms with Gasteiger partial charge >= 0.3 is 0 Å². The molecular formula is C12H21N3. The summed E-state index contributed by atoms with van der Waals surface area (Å²) in [5.41, 5.74) is 1.23. The summed E-state index contributed by atoms with van der Waals surface area (Å²) in [6.07, 6.45) is 4.15. The maximum absolute atomic E-state index is 4.28. The molecule has 1 rings (SSSR count). The van der Waals surface area contributed by atoms with Crippen molar-refractivity contribution in [1.82, 2.24) is 4.98 Å². The van der Waals surface area contributed by atoms with Crippen LogP contribution in [0.15, 0.2) is 18.3 Å². The molecule has 84 valence electrons. The van der Waals surface area contributed by atoms with Gasteiger partial charge in [-0.25, -0.2) is 4.98 Å². The Morgan fingerprint density at radius 2 is 2.13 bits per heavy atom. The zero-order valence-corrected chi connectivity index (χ0v) is 9.95. The lowest BCUT2D eigenvalue weighted by atomic mass is 10.3. The number of hydrogen-bond acceptors (Lipinski definition) is 3. The number of nitrogens with zero attached hydrogens (tertiary/aromatic N) is 2. The first-order chi connectivity index (χ1) is 7.27. The number of nitrogens with one attached hydrogen (secondary N) is 1. The maximum atomic E-state index is 4.28. The van der Waals surface area contributed by atoms with E-state index in [4.69, 9.17) is 0 Å². The van der Waals surface area contributed by atoms with E-state index in [1.165, 1.54) is 5.69 Å². The van der Waals surface area contributed by atoms with Crippen molar-refractivity contribution in [2.45, 2.75) is 26.7 Å². The Kier molecular flexibility index (Phi) is 4.95. The molecule has 1 aromatic rings. The van der Waals surface area contributed by atoms with E-state index in [1.807, 2.05) is 12.3 Å². The van der Waals surface area contributed by atoms with Crippen LogP contribution in [0.4, 0.5) is 11.5 Å². The van der Waals surface area contributed by atoms with Crippen molar-refractivity contribution in [1.29, 1.82) is 0 Å². The van der Waals surface area contributed by atoms with Crippen LogP contribution in [-0.4, -0.2) is 25.1 Å². The number of hydrogen-bond donors (Lipinski definition) is 1.